The van der Waals surface area contributed by atoms with Gasteiger partial charge in [0, 0.05) is 30.1 Å². The minimum Gasteiger partial charge on any atom is -0.383 e. The molecular weight excluding hydrogens is 304 g/mol. The number of hydrogen-bond acceptors (Lipinski definition) is 4. The van der Waals surface area contributed by atoms with Crippen molar-refractivity contribution < 1.29 is 14.5 Å². The van der Waals surface area contributed by atoms with Gasteiger partial charge in [0.05, 0.1) is 17.6 Å². The van der Waals surface area contributed by atoms with Gasteiger partial charge in [0.25, 0.3) is 11.6 Å². The molecule has 0 aliphatic carbocycles. The number of methoxy groups -OCH3 is 1. The number of nitrogens with zero attached hydrogens (tertiary/aromatic N) is 1. The first-order chi connectivity index (χ1) is 8.58. The van der Waals surface area contributed by atoms with Crippen molar-refractivity contribution in [3.8, 4) is 0 Å². The summed E-state index contributed by atoms with van der Waals surface area (Å²) in [6, 6.07) is 5.30. The highest BCUT2D eigenvalue weighted by Crippen LogP contribution is 2.12. The third-order valence-electron chi connectivity index (χ3n) is 2.23. The zero-order chi connectivity index (χ0) is 13.5. The number of halogens is 1. The molecule has 0 spiro atoms. The van der Waals surface area contributed by atoms with Gasteiger partial charge in [0.1, 0.15) is 0 Å². The molecule has 0 bridgehead atoms. The van der Waals surface area contributed by atoms with E-state index in [2.05, 4.69) is 21.2 Å². The molecule has 1 unspecified atom stereocenters. The molecule has 1 atom stereocenters. The number of amides is 1. The van der Waals surface area contributed by atoms with E-state index in [1.165, 1.54) is 24.3 Å². The maximum Gasteiger partial charge on any atom is 0.269 e. The molecule has 6 nitrogen and oxygen atoms in total. The summed E-state index contributed by atoms with van der Waals surface area (Å²) >= 11 is 3.26. The van der Waals surface area contributed by atoms with Crippen LogP contribution in [0.1, 0.15) is 10.4 Å². The van der Waals surface area contributed by atoms with Gasteiger partial charge in [-0.2, -0.15) is 0 Å². The molecule has 1 rings (SSSR count). The van der Waals surface area contributed by atoms with Crippen LogP contribution in [0.25, 0.3) is 0 Å². The van der Waals surface area contributed by atoms with E-state index >= 15 is 0 Å². The Bertz CT molecular complexity index is 422. The Balaban J connectivity index is 2.69. The maximum atomic E-state index is 11.8. The predicted octanol–water partition coefficient (Wildman–Crippen LogP) is 1.73. The molecule has 0 fully saturated rings. The summed E-state index contributed by atoms with van der Waals surface area (Å²) < 4.78 is 4.95. The van der Waals surface area contributed by atoms with Crippen LogP contribution < -0.4 is 5.32 Å². The minimum absolute atomic E-state index is 0.0412. The minimum atomic E-state index is -0.506. The van der Waals surface area contributed by atoms with E-state index in [1.807, 2.05) is 0 Å². The molecular formula is C11H13BrN2O4. The van der Waals surface area contributed by atoms with Crippen LogP contribution in [-0.2, 0) is 4.74 Å². The molecule has 1 aromatic carbocycles. The van der Waals surface area contributed by atoms with E-state index in [9.17, 15) is 14.9 Å². The Morgan fingerprint density at radius 2 is 2.11 bits per heavy atom. The smallest absolute Gasteiger partial charge is 0.269 e. The van der Waals surface area contributed by atoms with Gasteiger partial charge in [-0.25, -0.2) is 0 Å². The van der Waals surface area contributed by atoms with Crippen molar-refractivity contribution in [1.82, 2.24) is 5.32 Å². The van der Waals surface area contributed by atoms with Crippen LogP contribution in [0.15, 0.2) is 24.3 Å². The van der Waals surface area contributed by atoms with Gasteiger partial charge >= 0.3 is 0 Å². The summed E-state index contributed by atoms with van der Waals surface area (Å²) in [5.41, 5.74) is 0.336. The predicted molar refractivity (Wildman–Crippen MR) is 70.0 cm³/mol. The number of nitro groups is 1. The average molecular weight is 317 g/mol. The molecule has 0 saturated heterocycles. The third-order valence-corrected chi connectivity index (χ3v) is 3.01. The second-order valence-electron chi connectivity index (χ2n) is 3.58. The highest BCUT2D eigenvalue weighted by molar-refractivity contribution is 9.09. The Kier molecular flexibility index (Phi) is 5.73. The zero-order valence-electron chi connectivity index (χ0n) is 9.76. The van der Waals surface area contributed by atoms with Crippen LogP contribution in [-0.4, -0.2) is 35.9 Å². The van der Waals surface area contributed by atoms with Crippen LogP contribution in [0, 0.1) is 10.1 Å². The largest absolute Gasteiger partial charge is 0.383 e. The number of carbonyl (C=O) groups is 1. The topological polar surface area (TPSA) is 81.5 Å². The van der Waals surface area contributed by atoms with Crippen molar-refractivity contribution in [3.63, 3.8) is 0 Å². The molecule has 0 aromatic heterocycles. The Hall–Kier alpha value is -1.47. The van der Waals surface area contributed by atoms with Crippen LogP contribution >= 0.6 is 15.9 Å². The second-order valence-corrected chi connectivity index (χ2v) is 4.23. The number of ether oxygens (including phenoxy) is 1. The number of non-ortho nitro benzene ring substituents is 1. The number of hydrogen-bond donors (Lipinski definition) is 1. The summed E-state index contributed by atoms with van der Waals surface area (Å²) in [5.74, 6) is -0.286. The van der Waals surface area contributed by atoms with Gasteiger partial charge in [0.15, 0.2) is 0 Å². The zero-order valence-corrected chi connectivity index (χ0v) is 11.3. The van der Waals surface area contributed by atoms with E-state index in [-0.39, 0.29) is 17.6 Å². The molecule has 1 aromatic rings. The van der Waals surface area contributed by atoms with Gasteiger partial charge < -0.3 is 10.1 Å². The van der Waals surface area contributed by atoms with Crippen molar-refractivity contribution in [2.24, 2.45) is 0 Å². The van der Waals surface area contributed by atoms with Gasteiger partial charge in [0.2, 0.25) is 0 Å². The Morgan fingerprint density at radius 1 is 1.50 bits per heavy atom. The summed E-state index contributed by atoms with van der Waals surface area (Å²) in [7, 11) is 1.55. The standard InChI is InChI=1S/C11H13BrN2O4/c1-18-7-9(6-12)13-11(15)8-2-4-10(5-3-8)14(16)17/h2-5,9H,6-7H2,1H3,(H,13,15). The Morgan fingerprint density at radius 3 is 2.56 bits per heavy atom. The number of carbonyl (C=O) groups excluding carboxylic acids is 1. The SMILES string of the molecule is COCC(CBr)NC(=O)c1ccc([N+](=O)[O-])cc1. The highest BCUT2D eigenvalue weighted by Gasteiger charge is 2.13. The number of nitro benzene ring substituents is 1. The van der Waals surface area contributed by atoms with E-state index in [4.69, 9.17) is 4.74 Å². The fourth-order valence-electron chi connectivity index (χ4n) is 1.33. The fourth-order valence-corrected chi connectivity index (χ4v) is 1.68. The number of benzene rings is 1. The lowest BCUT2D eigenvalue weighted by atomic mass is 10.2. The molecule has 18 heavy (non-hydrogen) atoms. The maximum absolute atomic E-state index is 11.8. The highest BCUT2D eigenvalue weighted by atomic mass is 79.9. The number of rotatable bonds is 6. The van der Waals surface area contributed by atoms with Crippen LogP contribution in [0.4, 0.5) is 5.69 Å². The van der Waals surface area contributed by atoms with Crippen molar-refractivity contribution in [1.29, 1.82) is 0 Å². The van der Waals surface area contributed by atoms with Crippen molar-refractivity contribution in [2.75, 3.05) is 19.0 Å². The van der Waals surface area contributed by atoms with Crippen molar-refractivity contribution >= 4 is 27.5 Å². The molecule has 0 aliphatic rings. The summed E-state index contributed by atoms with van der Waals surface area (Å²) in [4.78, 5) is 21.8. The molecule has 1 N–H and O–H groups in total. The molecule has 0 aliphatic heterocycles. The van der Waals surface area contributed by atoms with E-state index in [0.717, 1.165) is 0 Å². The lowest BCUT2D eigenvalue weighted by molar-refractivity contribution is -0.384. The third kappa shape index (κ3) is 4.08. The lowest BCUT2D eigenvalue weighted by Gasteiger charge is -2.14. The van der Waals surface area contributed by atoms with Crippen LogP contribution in [0.2, 0.25) is 0 Å². The van der Waals surface area contributed by atoms with E-state index in [0.29, 0.717) is 17.5 Å². The van der Waals surface area contributed by atoms with Crippen LogP contribution in [0.3, 0.4) is 0 Å². The van der Waals surface area contributed by atoms with Gasteiger partial charge in [-0.15, -0.1) is 0 Å². The first-order valence-corrected chi connectivity index (χ1v) is 6.31. The molecule has 0 heterocycles. The fraction of sp³-hybridized carbons (Fsp3) is 0.364. The first kappa shape index (κ1) is 14.6. The van der Waals surface area contributed by atoms with Gasteiger partial charge in [-0.3, -0.25) is 14.9 Å². The van der Waals surface area contributed by atoms with Crippen molar-refractivity contribution in [3.05, 3.63) is 39.9 Å². The van der Waals surface area contributed by atoms with Gasteiger partial charge in [-0.1, -0.05) is 15.9 Å². The van der Waals surface area contributed by atoms with E-state index in [1.54, 1.807) is 7.11 Å². The Labute approximate surface area is 113 Å². The first-order valence-electron chi connectivity index (χ1n) is 5.18. The van der Waals surface area contributed by atoms with E-state index < -0.39 is 4.92 Å². The van der Waals surface area contributed by atoms with Crippen molar-refractivity contribution in [2.45, 2.75) is 6.04 Å². The second kappa shape index (κ2) is 7.07. The summed E-state index contributed by atoms with van der Waals surface area (Å²) in [5, 5.41) is 13.8. The molecule has 0 saturated carbocycles. The van der Waals surface area contributed by atoms with Crippen LogP contribution in [0.5, 0.6) is 0 Å². The molecule has 0 radical (unpaired) electrons. The average Bonchev–Trinajstić information content (AvgIpc) is 2.38. The number of nitrogens with one attached hydrogen (secondary N) is 1. The molecule has 7 heteroatoms. The molecule has 98 valence electrons. The number of alkyl halides is 1. The quantitative estimate of drug-likeness (QED) is 0.492. The lowest BCUT2D eigenvalue weighted by Crippen LogP contribution is -2.39. The normalized spacial score (nSPS) is 11.9. The monoisotopic (exact) mass is 316 g/mol. The summed E-state index contributed by atoms with van der Waals surface area (Å²) in [6.45, 7) is 0.393. The summed E-state index contributed by atoms with van der Waals surface area (Å²) in [6.07, 6.45) is 0. The molecule has 1 amide bonds. The van der Waals surface area contributed by atoms with Gasteiger partial charge in [-0.05, 0) is 12.1 Å².